The molecule has 6 rings (SSSR count). The van der Waals surface area contributed by atoms with E-state index in [2.05, 4.69) is 11.4 Å². The van der Waals surface area contributed by atoms with Crippen molar-refractivity contribution in [3.05, 3.63) is 60.7 Å². The first-order valence-electron chi connectivity index (χ1n) is 10.2. The van der Waals surface area contributed by atoms with E-state index in [9.17, 15) is 14.7 Å². The summed E-state index contributed by atoms with van der Waals surface area (Å²) in [6.45, 7) is 0. The van der Waals surface area contributed by atoms with Crippen molar-refractivity contribution in [2.24, 2.45) is 35.5 Å². The van der Waals surface area contributed by atoms with Crippen LogP contribution in [0.15, 0.2) is 60.7 Å². The van der Waals surface area contributed by atoms with E-state index in [1.54, 1.807) is 31.4 Å². The van der Waals surface area contributed by atoms with Crippen LogP contribution >= 0.6 is 0 Å². The van der Waals surface area contributed by atoms with Gasteiger partial charge in [0.25, 0.3) is 0 Å². The quantitative estimate of drug-likeness (QED) is 0.704. The maximum atomic E-state index is 13.0. The molecule has 0 radical (unpaired) electrons. The Hall–Kier alpha value is -3.28. The number of methoxy groups -OCH3 is 1. The molecule has 6 atom stereocenters. The summed E-state index contributed by atoms with van der Waals surface area (Å²) in [5, 5.41) is 12.7. The van der Waals surface area contributed by atoms with E-state index >= 15 is 0 Å². The van der Waals surface area contributed by atoms with Crippen LogP contribution in [0.4, 0.5) is 5.69 Å². The maximum Gasteiger partial charge on any atom is 0.307 e. The molecule has 1 amide bonds. The fraction of sp³-hybridized carbons (Fsp3) is 0.333. The van der Waals surface area contributed by atoms with E-state index in [-0.39, 0.29) is 17.7 Å². The van der Waals surface area contributed by atoms with Crippen LogP contribution in [0, 0.1) is 35.5 Å². The Balaban J connectivity index is 1.27. The number of anilines is 1. The number of benzene rings is 2. The number of allylic oxidation sites excluding steroid dienone is 2. The zero-order valence-electron chi connectivity index (χ0n) is 16.5. The molecule has 0 saturated heterocycles. The number of nitrogens with one attached hydrogen (secondary N) is 1. The van der Waals surface area contributed by atoms with Crippen molar-refractivity contribution < 1.29 is 24.2 Å². The molecular formula is C24H23NO5. The normalized spacial score (nSPS) is 30.3. The molecule has 0 aromatic heterocycles. The monoisotopic (exact) mass is 405 g/mol. The van der Waals surface area contributed by atoms with Gasteiger partial charge in [-0.2, -0.15) is 0 Å². The summed E-state index contributed by atoms with van der Waals surface area (Å²) in [4.78, 5) is 24.9. The van der Waals surface area contributed by atoms with Crippen LogP contribution in [0.3, 0.4) is 0 Å². The van der Waals surface area contributed by atoms with Gasteiger partial charge in [0.05, 0.1) is 18.9 Å². The highest BCUT2D eigenvalue weighted by Crippen LogP contribution is 2.63. The number of fused-ring (bicyclic) bond motifs is 1. The van der Waals surface area contributed by atoms with Crippen molar-refractivity contribution in [3.63, 3.8) is 0 Å². The largest absolute Gasteiger partial charge is 0.497 e. The van der Waals surface area contributed by atoms with Crippen LogP contribution in [0.5, 0.6) is 17.2 Å². The Morgan fingerprint density at radius 3 is 1.97 bits per heavy atom. The molecule has 2 bridgehead atoms. The Labute approximate surface area is 174 Å². The second kappa shape index (κ2) is 7.20. The van der Waals surface area contributed by atoms with Gasteiger partial charge in [-0.1, -0.05) is 12.2 Å². The van der Waals surface area contributed by atoms with E-state index in [0.717, 1.165) is 12.2 Å². The highest BCUT2D eigenvalue weighted by Gasteiger charge is 2.62. The number of rotatable bonds is 6. The lowest BCUT2D eigenvalue weighted by atomic mass is 9.62. The molecule has 0 heterocycles. The number of carbonyl (C=O) groups is 2. The van der Waals surface area contributed by atoms with Crippen LogP contribution in [-0.2, 0) is 9.59 Å². The zero-order chi connectivity index (χ0) is 20.8. The highest BCUT2D eigenvalue weighted by atomic mass is 16.5. The number of carboxylic acid groups (broad SMARTS) is 1. The predicted octanol–water partition coefficient (Wildman–Crippen LogP) is 4.19. The van der Waals surface area contributed by atoms with E-state index in [0.29, 0.717) is 29.0 Å². The van der Waals surface area contributed by atoms with Crippen molar-refractivity contribution >= 4 is 17.6 Å². The van der Waals surface area contributed by atoms with Gasteiger partial charge in [0.1, 0.15) is 17.2 Å². The lowest BCUT2D eigenvalue weighted by Crippen LogP contribution is -2.48. The first-order chi connectivity index (χ1) is 14.5. The summed E-state index contributed by atoms with van der Waals surface area (Å²) >= 11 is 0. The molecule has 0 spiro atoms. The summed E-state index contributed by atoms with van der Waals surface area (Å²) in [6.07, 6.45) is 5.12. The summed E-state index contributed by atoms with van der Waals surface area (Å²) in [5.41, 5.74) is 0.629. The fourth-order valence-corrected chi connectivity index (χ4v) is 5.18. The van der Waals surface area contributed by atoms with Crippen molar-refractivity contribution in [1.29, 1.82) is 0 Å². The summed E-state index contributed by atoms with van der Waals surface area (Å²) in [6, 6.07) is 14.4. The smallest absolute Gasteiger partial charge is 0.307 e. The van der Waals surface area contributed by atoms with Crippen molar-refractivity contribution in [2.75, 3.05) is 12.4 Å². The van der Waals surface area contributed by atoms with Crippen LogP contribution in [-0.4, -0.2) is 24.1 Å². The first-order valence-corrected chi connectivity index (χ1v) is 10.2. The second-order valence-electron chi connectivity index (χ2n) is 8.28. The fourth-order valence-electron chi connectivity index (χ4n) is 5.18. The molecule has 4 aliphatic rings. The minimum Gasteiger partial charge on any atom is -0.497 e. The Morgan fingerprint density at radius 2 is 1.40 bits per heavy atom. The minimum atomic E-state index is -0.872. The number of amides is 1. The third kappa shape index (κ3) is 3.22. The van der Waals surface area contributed by atoms with Gasteiger partial charge in [-0.25, -0.2) is 0 Å². The summed E-state index contributed by atoms with van der Waals surface area (Å²) in [5.74, 6) is 0.752. The van der Waals surface area contributed by atoms with Gasteiger partial charge in [-0.3, -0.25) is 9.59 Å². The third-order valence-corrected chi connectivity index (χ3v) is 6.66. The van der Waals surface area contributed by atoms with Crippen LogP contribution < -0.4 is 14.8 Å². The van der Waals surface area contributed by atoms with Gasteiger partial charge >= 0.3 is 5.97 Å². The Bertz CT molecular complexity index is 997. The molecular weight excluding hydrogens is 382 g/mol. The standard InChI is InChI=1S/C24H23NO5/c1-29-14-6-8-16(9-7-14)30-15-4-2-13(3-5-15)25-23(26)21-17-10-11-18(20-12-19(17)20)22(21)24(27)28/h2-11,17-22H,12H2,1H3,(H,25,26)(H,27,28)/t17-,18-,19-,20-,21+,22+/m1/s1. The van der Waals surface area contributed by atoms with Gasteiger partial charge in [0, 0.05) is 5.69 Å². The predicted molar refractivity (Wildman–Crippen MR) is 110 cm³/mol. The highest BCUT2D eigenvalue weighted by molar-refractivity contribution is 5.96. The molecule has 6 heteroatoms. The molecule has 0 unspecified atom stereocenters. The third-order valence-electron chi connectivity index (χ3n) is 6.66. The molecule has 2 N–H and O–H groups in total. The van der Waals surface area contributed by atoms with Gasteiger partial charge in [-0.15, -0.1) is 0 Å². The average Bonchev–Trinajstić information content (AvgIpc) is 3.58. The molecule has 6 nitrogen and oxygen atoms in total. The van der Waals surface area contributed by atoms with E-state index in [1.807, 2.05) is 30.3 Å². The molecule has 2 fully saturated rings. The number of hydrogen-bond acceptors (Lipinski definition) is 4. The summed E-state index contributed by atoms with van der Waals surface area (Å²) in [7, 11) is 1.61. The Kier molecular flexibility index (Phi) is 4.50. The SMILES string of the molecule is COc1ccc(Oc2ccc(NC(=O)[C@H]3[C@@H]4C=C[C@H]([C@H]5C[C@H]45)[C@@H]3C(=O)O)cc2)cc1. The average molecular weight is 405 g/mol. The number of carboxylic acids is 1. The lowest BCUT2D eigenvalue weighted by molar-refractivity contribution is -0.152. The number of aliphatic carboxylic acids is 1. The molecule has 2 saturated carbocycles. The van der Waals surface area contributed by atoms with Gasteiger partial charge < -0.3 is 19.9 Å². The molecule has 2 aromatic rings. The van der Waals surface area contributed by atoms with Crippen molar-refractivity contribution in [3.8, 4) is 17.2 Å². The minimum absolute atomic E-state index is 0.0199. The van der Waals surface area contributed by atoms with Crippen molar-refractivity contribution in [1.82, 2.24) is 0 Å². The maximum absolute atomic E-state index is 13.0. The van der Waals surface area contributed by atoms with E-state index in [1.165, 1.54) is 0 Å². The lowest BCUT2D eigenvalue weighted by Gasteiger charge is -2.41. The van der Waals surface area contributed by atoms with E-state index < -0.39 is 17.8 Å². The zero-order valence-corrected chi connectivity index (χ0v) is 16.5. The van der Waals surface area contributed by atoms with Gasteiger partial charge in [-0.05, 0) is 78.6 Å². The van der Waals surface area contributed by atoms with Crippen LogP contribution in [0.2, 0.25) is 0 Å². The molecule has 0 aliphatic heterocycles. The topological polar surface area (TPSA) is 84.9 Å². The molecule has 4 aliphatic carbocycles. The first kappa shape index (κ1) is 18.7. The summed E-state index contributed by atoms with van der Waals surface area (Å²) < 4.78 is 10.9. The number of ether oxygens (including phenoxy) is 2. The number of hydrogen-bond donors (Lipinski definition) is 2. The van der Waals surface area contributed by atoms with Crippen LogP contribution in [0.1, 0.15) is 6.42 Å². The van der Waals surface area contributed by atoms with E-state index in [4.69, 9.17) is 9.47 Å². The molecule has 2 aromatic carbocycles. The second-order valence-corrected chi connectivity index (χ2v) is 8.28. The van der Waals surface area contributed by atoms with Gasteiger partial charge in [0.2, 0.25) is 5.91 Å². The molecule has 30 heavy (non-hydrogen) atoms. The van der Waals surface area contributed by atoms with Crippen LogP contribution in [0.25, 0.3) is 0 Å². The van der Waals surface area contributed by atoms with Crippen molar-refractivity contribution in [2.45, 2.75) is 6.42 Å². The van der Waals surface area contributed by atoms with Gasteiger partial charge in [0.15, 0.2) is 0 Å². The Morgan fingerprint density at radius 1 is 0.867 bits per heavy atom. The number of carbonyl (C=O) groups excluding carboxylic acids is 1. The molecule has 154 valence electrons.